The van der Waals surface area contributed by atoms with Crippen LogP contribution in [0.15, 0.2) is 5.10 Å². The molecule has 128 valence electrons. The average molecular weight is 340 g/mol. The third kappa shape index (κ3) is 3.58. The van der Waals surface area contributed by atoms with E-state index in [2.05, 4.69) is 22.3 Å². The van der Waals surface area contributed by atoms with E-state index in [0.717, 1.165) is 43.1 Å². The van der Waals surface area contributed by atoms with Gasteiger partial charge in [-0.05, 0) is 20.3 Å². The van der Waals surface area contributed by atoms with Gasteiger partial charge < -0.3 is 4.90 Å². The van der Waals surface area contributed by atoms with Gasteiger partial charge in [0.1, 0.15) is 0 Å². The molecule has 0 spiro atoms. The number of aryl methyl sites for hydroxylation is 1. The van der Waals surface area contributed by atoms with Crippen molar-refractivity contribution in [1.82, 2.24) is 14.8 Å². The summed E-state index contributed by atoms with van der Waals surface area (Å²) in [6, 6.07) is -0.0342. The summed E-state index contributed by atoms with van der Waals surface area (Å²) in [5.74, 6) is 0.468. The molecule has 0 aliphatic carbocycles. The van der Waals surface area contributed by atoms with E-state index in [9.17, 15) is 8.42 Å². The zero-order valence-corrected chi connectivity index (χ0v) is 14.9. The number of nitrogens with zero attached hydrogens (tertiary/aromatic N) is 4. The molecule has 0 radical (unpaired) electrons. The molecule has 0 amide bonds. The van der Waals surface area contributed by atoms with Gasteiger partial charge in [0.15, 0.2) is 9.84 Å². The highest BCUT2D eigenvalue weighted by atomic mass is 32.2. The standard InChI is InChI=1S/C15H25N5O2S/c1-12-15(10-16-19-7-5-18(3)6-8-19)13(2)20(17-12)14-4-9-23(21,22)11-14/h10,14H,4-9,11H2,1-3H3/p+1/b16-10-/t14-/m1/s1. The lowest BCUT2D eigenvalue weighted by molar-refractivity contribution is -0.884. The second kappa shape index (κ2) is 6.24. The highest BCUT2D eigenvalue weighted by Gasteiger charge is 2.31. The van der Waals surface area contributed by atoms with E-state index in [-0.39, 0.29) is 17.5 Å². The molecule has 0 saturated carbocycles. The lowest BCUT2D eigenvalue weighted by atomic mass is 10.2. The third-order valence-electron chi connectivity index (χ3n) is 4.88. The van der Waals surface area contributed by atoms with Crippen molar-refractivity contribution in [3.05, 3.63) is 17.0 Å². The van der Waals surface area contributed by atoms with E-state index in [1.54, 1.807) is 4.90 Å². The van der Waals surface area contributed by atoms with Crippen molar-refractivity contribution in [3.8, 4) is 0 Å². The van der Waals surface area contributed by atoms with Gasteiger partial charge in [0.05, 0.1) is 62.7 Å². The van der Waals surface area contributed by atoms with Gasteiger partial charge in [-0.1, -0.05) is 0 Å². The molecule has 2 aliphatic rings. The van der Waals surface area contributed by atoms with Gasteiger partial charge in [0, 0.05) is 11.3 Å². The fraction of sp³-hybridized carbons (Fsp3) is 0.733. The molecule has 2 saturated heterocycles. The molecule has 3 rings (SSSR count). The summed E-state index contributed by atoms with van der Waals surface area (Å²) in [5.41, 5.74) is 2.93. The maximum Gasteiger partial charge on any atom is 0.152 e. The van der Waals surface area contributed by atoms with Crippen LogP contribution < -0.4 is 4.90 Å². The first-order valence-corrected chi connectivity index (χ1v) is 10.0. The molecule has 1 aromatic heterocycles. The van der Waals surface area contributed by atoms with Crippen molar-refractivity contribution in [2.75, 3.05) is 44.7 Å². The summed E-state index contributed by atoms with van der Waals surface area (Å²) in [5, 5.41) is 11.3. The van der Waals surface area contributed by atoms with E-state index < -0.39 is 9.84 Å². The van der Waals surface area contributed by atoms with Crippen molar-refractivity contribution >= 4 is 16.1 Å². The van der Waals surface area contributed by atoms with Crippen LogP contribution in [-0.2, 0) is 9.84 Å². The largest absolute Gasteiger partial charge is 0.334 e. The molecule has 1 aromatic rings. The fourth-order valence-corrected chi connectivity index (χ4v) is 5.01. The number of quaternary nitrogens is 1. The zero-order valence-electron chi connectivity index (χ0n) is 14.1. The molecular weight excluding hydrogens is 314 g/mol. The zero-order chi connectivity index (χ0) is 16.6. The summed E-state index contributed by atoms with van der Waals surface area (Å²) in [6.07, 6.45) is 2.54. The Morgan fingerprint density at radius 3 is 2.61 bits per heavy atom. The Kier molecular flexibility index (Phi) is 4.46. The first-order chi connectivity index (χ1) is 10.9. The van der Waals surface area contributed by atoms with Crippen LogP contribution >= 0.6 is 0 Å². The quantitative estimate of drug-likeness (QED) is 0.718. The number of likely N-dealkylation sites (N-methyl/N-ethyl adjacent to an activating group) is 1. The monoisotopic (exact) mass is 340 g/mol. The Morgan fingerprint density at radius 1 is 1.30 bits per heavy atom. The van der Waals surface area contributed by atoms with Gasteiger partial charge in [0.2, 0.25) is 0 Å². The fourth-order valence-electron chi connectivity index (χ4n) is 3.32. The Bertz CT molecular complexity index is 702. The molecule has 23 heavy (non-hydrogen) atoms. The number of hydrogen-bond acceptors (Lipinski definition) is 5. The van der Waals surface area contributed by atoms with E-state index in [0.29, 0.717) is 6.42 Å². The summed E-state index contributed by atoms with van der Waals surface area (Å²) in [7, 11) is -0.700. The van der Waals surface area contributed by atoms with Gasteiger partial charge in [-0.2, -0.15) is 10.2 Å². The van der Waals surface area contributed by atoms with Crippen LogP contribution in [0, 0.1) is 13.8 Å². The highest BCUT2D eigenvalue weighted by molar-refractivity contribution is 7.91. The Hall–Kier alpha value is -1.41. The topological polar surface area (TPSA) is 72.0 Å². The van der Waals surface area contributed by atoms with Crippen LogP contribution in [0.4, 0.5) is 0 Å². The summed E-state index contributed by atoms with van der Waals surface area (Å²) in [4.78, 5) is 1.54. The number of aromatic nitrogens is 2. The minimum atomic E-state index is -2.90. The van der Waals surface area contributed by atoms with E-state index in [1.807, 2.05) is 24.7 Å². The van der Waals surface area contributed by atoms with Crippen molar-refractivity contribution in [2.45, 2.75) is 26.3 Å². The summed E-state index contributed by atoms with van der Waals surface area (Å²) in [6.45, 7) is 8.11. The van der Waals surface area contributed by atoms with Crippen molar-refractivity contribution in [3.63, 3.8) is 0 Å². The number of rotatable bonds is 3. The Morgan fingerprint density at radius 2 is 2.00 bits per heavy atom. The minimum absolute atomic E-state index is 0.0342. The van der Waals surface area contributed by atoms with Gasteiger partial charge >= 0.3 is 0 Å². The lowest BCUT2D eigenvalue weighted by Gasteiger charge is -2.27. The minimum Gasteiger partial charge on any atom is -0.334 e. The van der Waals surface area contributed by atoms with Gasteiger partial charge in [-0.25, -0.2) is 8.42 Å². The number of sulfone groups is 1. The number of hydrogen-bond donors (Lipinski definition) is 1. The normalized spacial score (nSPS) is 25.5. The second-order valence-corrected chi connectivity index (χ2v) is 8.97. The van der Waals surface area contributed by atoms with Crippen LogP contribution in [0.25, 0.3) is 0 Å². The lowest BCUT2D eigenvalue weighted by Crippen LogP contribution is -3.11. The van der Waals surface area contributed by atoms with Gasteiger partial charge in [0.25, 0.3) is 0 Å². The molecule has 7 nitrogen and oxygen atoms in total. The highest BCUT2D eigenvalue weighted by Crippen LogP contribution is 2.26. The van der Waals surface area contributed by atoms with Crippen LogP contribution in [0.1, 0.15) is 29.4 Å². The van der Waals surface area contributed by atoms with Crippen LogP contribution in [0.5, 0.6) is 0 Å². The first kappa shape index (κ1) is 16.4. The van der Waals surface area contributed by atoms with Gasteiger partial charge in [-0.15, -0.1) is 0 Å². The van der Waals surface area contributed by atoms with Crippen LogP contribution in [0.2, 0.25) is 0 Å². The molecule has 2 fully saturated rings. The Labute approximate surface area is 137 Å². The maximum atomic E-state index is 11.7. The predicted molar refractivity (Wildman–Crippen MR) is 89.8 cm³/mol. The van der Waals surface area contributed by atoms with Crippen molar-refractivity contribution < 1.29 is 13.3 Å². The van der Waals surface area contributed by atoms with Crippen molar-refractivity contribution in [2.24, 2.45) is 5.10 Å². The SMILES string of the molecule is Cc1nn([C@@H]2CCS(=O)(=O)C2)c(C)c1/C=N\N1CC[NH+](C)CC1. The number of piperazine rings is 1. The maximum absolute atomic E-state index is 11.7. The predicted octanol–water partition coefficient (Wildman–Crippen LogP) is -0.976. The molecule has 8 heteroatoms. The second-order valence-electron chi connectivity index (χ2n) is 6.74. The van der Waals surface area contributed by atoms with E-state index in [1.165, 1.54) is 0 Å². The summed E-state index contributed by atoms with van der Waals surface area (Å²) < 4.78 is 25.3. The van der Waals surface area contributed by atoms with Gasteiger partial charge in [-0.3, -0.25) is 9.69 Å². The van der Waals surface area contributed by atoms with E-state index in [4.69, 9.17) is 0 Å². The molecule has 0 bridgehead atoms. The molecule has 0 aromatic carbocycles. The van der Waals surface area contributed by atoms with Crippen molar-refractivity contribution in [1.29, 1.82) is 0 Å². The molecule has 1 atom stereocenters. The molecular formula is C15H26N5O2S+. The smallest absolute Gasteiger partial charge is 0.152 e. The summed E-state index contributed by atoms with van der Waals surface area (Å²) >= 11 is 0. The number of nitrogens with one attached hydrogen (secondary N) is 1. The van der Waals surface area contributed by atoms with E-state index >= 15 is 0 Å². The molecule has 3 heterocycles. The molecule has 1 N–H and O–H groups in total. The Balaban J connectivity index is 1.76. The molecule has 2 aliphatic heterocycles. The van der Waals surface area contributed by atoms with Crippen LogP contribution in [0.3, 0.4) is 0 Å². The third-order valence-corrected chi connectivity index (χ3v) is 6.63. The average Bonchev–Trinajstić information content (AvgIpc) is 2.99. The number of hydrazone groups is 1. The molecule has 0 unspecified atom stereocenters. The van der Waals surface area contributed by atoms with Crippen LogP contribution in [-0.4, -0.2) is 74.2 Å². The first-order valence-electron chi connectivity index (χ1n) is 8.22.